The summed E-state index contributed by atoms with van der Waals surface area (Å²) in [6, 6.07) is 5.75. The Hall–Kier alpha value is -2.31. The van der Waals surface area contributed by atoms with Gasteiger partial charge in [0, 0.05) is 5.56 Å². The van der Waals surface area contributed by atoms with Crippen LogP contribution in [0.15, 0.2) is 28.8 Å². The fraction of sp³-hybridized carbons (Fsp3) is 0.333. The molecular formula is C15H13F3N2O2. The molecule has 1 N–H and O–H groups in total. The van der Waals surface area contributed by atoms with Crippen LogP contribution in [0, 0.1) is 0 Å². The van der Waals surface area contributed by atoms with E-state index in [9.17, 15) is 18.0 Å². The molecule has 0 radical (unpaired) electrons. The van der Waals surface area contributed by atoms with Gasteiger partial charge in [0.05, 0.1) is 6.20 Å². The van der Waals surface area contributed by atoms with Crippen LogP contribution in [0.25, 0.3) is 11.5 Å². The Balaban J connectivity index is 1.80. The molecule has 0 saturated heterocycles. The number of hydrogen-bond acceptors (Lipinski definition) is 3. The third kappa shape index (κ3) is 2.98. The quantitative estimate of drug-likeness (QED) is 0.919. The summed E-state index contributed by atoms with van der Waals surface area (Å²) in [6.45, 7) is 0. The van der Waals surface area contributed by atoms with Crippen LogP contribution in [0.5, 0.6) is 0 Å². The molecule has 0 aliphatic heterocycles. The molecule has 4 nitrogen and oxygen atoms in total. The summed E-state index contributed by atoms with van der Waals surface area (Å²) in [7, 11) is 0. The summed E-state index contributed by atoms with van der Waals surface area (Å²) in [5.74, 6) is -2.22. The second kappa shape index (κ2) is 5.47. The van der Waals surface area contributed by atoms with Crippen LogP contribution in [0.4, 0.5) is 19.1 Å². The monoisotopic (exact) mass is 310 g/mol. The van der Waals surface area contributed by atoms with E-state index in [-0.39, 0.29) is 11.8 Å². The molecule has 1 aliphatic carbocycles. The van der Waals surface area contributed by atoms with Crippen molar-refractivity contribution in [3.8, 4) is 11.5 Å². The molecule has 0 atom stereocenters. The minimum atomic E-state index is -4.96. The van der Waals surface area contributed by atoms with Crippen molar-refractivity contribution in [2.75, 3.05) is 5.32 Å². The van der Waals surface area contributed by atoms with Gasteiger partial charge in [-0.05, 0) is 48.9 Å². The highest BCUT2D eigenvalue weighted by Crippen LogP contribution is 2.28. The number of benzene rings is 1. The molecular weight excluding hydrogens is 297 g/mol. The van der Waals surface area contributed by atoms with Crippen molar-refractivity contribution in [1.82, 2.24) is 4.98 Å². The predicted octanol–water partition coefficient (Wildman–Crippen LogP) is 3.72. The van der Waals surface area contributed by atoms with E-state index in [4.69, 9.17) is 4.42 Å². The highest BCUT2D eigenvalue weighted by Gasteiger charge is 2.39. The first-order valence-corrected chi connectivity index (χ1v) is 6.89. The summed E-state index contributed by atoms with van der Waals surface area (Å²) in [4.78, 5) is 14.8. The normalized spacial score (nSPS) is 14.5. The predicted molar refractivity (Wildman–Crippen MR) is 73.3 cm³/mol. The van der Waals surface area contributed by atoms with Gasteiger partial charge in [0.25, 0.3) is 0 Å². The van der Waals surface area contributed by atoms with Gasteiger partial charge in [-0.3, -0.25) is 10.1 Å². The fourth-order valence-electron chi connectivity index (χ4n) is 2.51. The number of anilines is 1. The first kappa shape index (κ1) is 14.6. The molecule has 1 heterocycles. The van der Waals surface area contributed by atoms with E-state index in [1.165, 1.54) is 17.5 Å². The van der Waals surface area contributed by atoms with E-state index < -0.39 is 12.1 Å². The molecule has 1 amide bonds. The van der Waals surface area contributed by atoms with Crippen molar-refractivity contribution in [2.45, 2.75) is 31.9 Å². The maximum absolute atomic E-state index is 12.2. The van der Waals surface area contributed by atoms with Crippen LogP contribution in [0.2, 0.25) is 0 Å². The number of halogens is 3. The number of nitrogens with one attached hydrogen (secondary N) is 1. The Kier molecular flexibility index (Phi) is 3.64. The molecule has 0 saturated carbocycles. The second-order valence-electron chi connectivity index (χ2n) is 5.17. The van der Waals surface area contributed by atoms with Crippen molar-refractivity contribution >= 4 is 11.8 Å². The molecule has 7 heteroatoms. The fourth-order valence-corrected chi connectivity index (χ4v) is 2.51. The number of fused-ring (bicyclic) bond motifs is 1. The van der Waals surface area contributed by atoms with Crippen molar-refractivity contribution in [3.05, 3.63) is 35.5 Å². The Morgan fingerprint density at radius 3 is 2.64 bits per heavy atom. The minimum absolute atomic E-state index is 0.186. The van der Waals surface area contributed by atoms with E-state index in [1.54, 1.807) is 5.32 Å². The molecule has 3 rings (SSSR count). The zero-order chi connectivity index (χ0) is 15.7. The van der Waals surface area contributed by atoms with Gasteiger partial charge in [0.15, 0.2) is 0 Å². The van der Waals surface area contributed by atoms with Gasteiger partial charge >= 0.3 is 12.1 Å². The molecule has 0 bridgehead atoms. The lowest BCUT2D eigenvalue weighted by atomic mass is 9.90. The topological polar surface area (TPSA) is 55.1 Å². The molecule has 1 aliphatic rings. The maximum atomic E-state index is 12.2. The average Bonchev–Trinajstić information content (AvgIpc) is 2.94. The molecule has 1 aromatic heterocycles. The molecule has 116 valence electrons. The molecule has 1 aromatic carbocycles. The smallest absolute Gasteiger partial charge is 0.420 e. The second-order valence-corrected chi connectivity index (χ2v) is 5.17. The first-order chi connectivity index (χ1) is 10.4. The van der Waals surface area contributed by atoms with E-state index in [2.05, 4.69) is 4.98 Å². The summed E-state index contributed by atoms with van der Waals surface area (Å²) in [6.07, 6.45) is 0.403. The number of carbonyl (C=O) groups excluding carboxylic acids is 1. The van der Waals surface area contributed by atoms with Gasteiger partial charge in [0.2, 0.25) is 11.8 Å². The number of aryl methyl sites for hydroxylation is 2. The highest BCUT2D eigenvalue weighted by atomic mass is 19.4. The van der Waals surface area contributed by atoms with Crippen molar-refractivity contribution in [1.29, 1.82) is 0 Å². The van der Waals surface area contributed by atoms with Crippen molar-refractivity contribution in [3.63, 3.8) is 0 Å². The van der Waals surface area contributed by atoms with Crippen molar-refractivity contribution < 1.29 is 22.4 Å². The van der Waals surface area contributed by atoms with E-state index in [0.717, 1.165) is 25.5 Å². The van der Waals surface area contributed by atoms with Crippen LogP contribution in [-0.2, 0) is 17.6 Å². The van der Waals surface area contributed by atoms with Crippen LogP contribution < -0.4 is 5.32 Å². The molecule has 2 aromatic rings. The number of alkyl halides is 3. The number of carbonyl (C=O) groups is 1. The summed E-state index contributed by atoms with van der Waals surface area (Å²) < 4.78 is 41.7. The lowest BCUT2D eigenvalue weighted by Crippen LogP contribution is -2.29. The molecule has 0 unspecified atom stereocenters. The zero-order valence-corrected chi connectivity index (χ0v) is 11.5. The minimum Gasteiger partial charge on any atom is -0.420 e. The molecule has 0 fully saturated rings. The number of amides is 1. The van der Waals surface area contributed by atoms with Crippen LogP contribution >= 0.6 is 0 Å². The third-order valence-corrected chi connectivity index (χ3v) is 3.60. The number of rotatable bonds is 2. The summed E-state index contributed by atoms with van der Waals surface area (Å²) >= 11 is 0. The van der Waals surface area contributed by atoms with Crippen LogP contribution in [-0.4, -0.2) is 17.1 Å². The van der Waals surface area contributed by atoms with Gasteiger partial charge in [-0.15, -0.1) is 0 Å². The Morgan fingerprint density at radius 2 is 1.91 bits per heavy atom. The van der Waals surface area contributed by atoms with Gasteiger partial charge in [-0.25, -0.2) is 4.98 Å². The zero-order valence-electron chi connectivity index (χ0n) is 11.5. The van der Waals surface area contributed by atoms with Gasteiger partial charge in [-0.2, -0.15) is 13.2 Å². The van der Waals surface area contributed by atoms with E-state index in [1.807, 2.05) is 18.2 Å². The number of nitrogens with zero attached hydrogens (tertiary/aromatic N) is 1. The largest absolute Gasteiger partial charge is 0.471 e. The van der Waals surface area contributed by atoms with E-state index >= 15 is 0 Å². The molecule has 0 spiro atoms. The lowest BCUT2D eigenvalue weighted by molar-refractivity contribution is -0.167. The first-order valence-electron chi connectivity index (χ1n) is 6.89. The van der Waals surface area contributed by atoms with E-state index in [0.29, 0.717) is 5.56 Å². The van der Waals surface area contributed by atoms with Gasteiger partial charge < -0.3 is 4.42 Å². The average molecular weight is 310 g/mol. The Labute approximate surface area is 124 Å². The maximum Gasteiger partial charge on any atom is 0.471 e. The standard InChI is InChI=1S/C15H13F3N2O2/c16-15(17,18)14(21)20-12-8-19-13(22-12)11-6-5-9-3-1-2-4-10(9)7-11/h5-8H,1-4H2,(H,20,21). The number of aromatic nitrogens is 1. The Morgan fingerprint density at radius 1 is 1.18 bits per heavy atom. The number of oxazole rings is 1. The Bertz CT molecular complexity index is 707. The van der Waals surface area contributed by atoms with Gasteiger partial charge in [0.1, 0.15) is 0 Å². The lowest BCUT2D eigenvalue weighted by Gasteiger charge is -2.15. The van der Waals surface area contributed by atoms with Gasteiger partial charge in [-0.1, -0.05) is 6.07 Å². The summed E-state index contributed by atoms with van der Waals surface area (Å²) in [5.41, 5.74) is 3.18. The highest BCUT2D eigenvalue weighted by molar-refractivity contribution is 5.93. The van der Waals surface area contributed by atoms with Crippen LogP contribution in [0.3, 0.4) is 0 Å². The number of hydrogen-bond donors (Lipinski definition) is 1. The van der Waals surface area contributed by atoms with Crippen molar-refractivity contribution in [2.24, 2.45) is 0 Å². The SMILES string of the molecule is O=C(Nc1cnc(-c2ccc3c(c2)CCCC3)o1)C(F)(F)F. The molecule has 22 heavy (non-hydrogen) atoms. The van der Waals surface area contributed by atoms with Crippen LogP contribution in [0.1, 0.15) is 24.0 Å². The summed E-state index contributed by atoms with van der Waals surface area (Å²) in [5, 5.41) is 1.64. The third-order valence-electron chi connectivity index (χ3n) is 3.60.